The van der Waals surface area contributed by atoms with E-state index >= 15 is 0 Å². The number of hydrogen-bond donors (Lipinski definition) is 2. The van der Waals surface area contributed by atoms with Crippen LogP contribution in [0.15, 0.2) is 67.2 Å². The Morgan fingerprint density at radius 2 is 2.00 bits per heavy atom. The Hall–Kier alpha value is -4.19. The van der Waals surface area contributed by atoms with Gasteiger partial charge in [-0.2, -0.15) is 5.10 Å². The Morgan fingerprint density at radius 3 is 2.68 bits per heavy atom. The molecule has 0 bridgehead atoms. The molecule has 1 aromatic carbocycles. The number of nitrogens with one attached hydrogen (secondary N) is 2. The van der Waals surface area contributed by atoms with Crippen molar-refractivity contribution in [2.24, 2.45) is 7.05 Å². The van der Waals surface area contributed by atoms with E-state index in [9.17, 15) is 13.2 Å². The SMILES string of the molecule is Cn1cc(Nc2nccc(-c3ccc4c(c3)N(S(=O)(=O)C3(C)C=CC=CC3)CCC4NC(=O)OC(C)(C)C)n2)cn1. The molecule has 2 aliphatic rings. The van der Waals surface area contributed by atoms with E-state index in [0.717, 1.165) is 5.69 Å². The number of carbonyl (C=O) groups excluding carboxylic acids is 1. The van der Waals surface area contributed by atoms with Crippen LogP contribution in [-0.4, -0.2) is 51.2 Å². The molecule has 0 saturated heterocycles. The number of aromatic nitrogens is 4. The van der Waals surface area contributed by atoms with Gasteiger partial charge in [0, 0.05) is 31.5 Å². The van der Waals surface area contributed by atoms with Gasteiger partial charge in [-0.05, 0) is 58.2 Å². The van der Waals surface area contributed by atoms with Gasteiger partial charge >= 0.3 is 6.09 Å². The summed E-state index contributed by atoms with van der Waals surface area (Å²) < 4.78 is 35.8. The van der Waals surface area contributed by atoms with Crippen LogP contribution in [0, 0.1) is 0 Å². The Balaban J connectivity index is 1.53. The first-order valence-corrected chi connectivity index (χ1v) is 14.9. The molecule has 2 N–H and O–H groups in total. The standard InChI is InChI=1S/C29H35N7O4S/c1-28(2,3)40-27(37)34-24-12-16-36(41(38,39)29(4)13-7-6-8-14-29)25-17-20(9-10-22(24)25)23-11-15-30-26(33-23)32-21-18-31-35(5)19-21/h6-11,13,15,17-19,24H,12,14,16H2,1-5H3,(H,34,37)(H,30,32,33). The molecule has 3 aromatic rings. The van der Waals surface area contributed by atoms with Crippen LogP contribution in [0.1, 0.15) is 52.1 Å². The minimum Gasteiger partial charge on any atom is -0.444 e. The Labute approximate surface area is 240 Å². The minimum absolute atomic E-state index is 0.198. The number of benzene rings is 1. The predicted molar refractivity (Wildman–Crippen MR) is 158 cm³/mol. The van der Waals surface area contributed by atoms with E-state index in [1.165, 1.54) is 4.31 Å². The third-order valence-electron chi connectivity index (χ3n) is 7.00. The van der Waals surface area contributed by atoms with Crippen LogP contribution >= 0.6 is 0 Å². The van der Waals surface area contributed by atoms with E-state index in [4.69, 9.17) is 4.74 Å². The molecular weight excluding hydrogens is 542 g/mol. The number of hydrogen-bond acceptors (Lipinski definition) is 8. The summed E-state index contributed by atoms with van der Waals surface area (Å²) >= 11 is 0. The van der Waals surface area contributed by atoms with E-state index < -0.39 is 32.5 Å². The van der Waals surface area contributed by atoms with Gasteiger partial charge in [0.15, 0.2) is 0 Å². The van der Waals surface area contributed by atoms with Crippen molar-refractivity contribution < 1.29 is 17.9 Å². The van der Waals surface area contributed by atoms with Crippen LogP contribution in [0.2, 0.25) is 0 Å². The first-order chi connectivity index (χ1) is 19.3. The number of sulfonamides is 1. The summed E-state index contributed by atoms with van der Waals surface area (Å²) in [5.74, 6) is 0.383. The molecule has 2 aromatic heterocycles. The summed E-state index contributed by atoms with van der Waals surface area (Å²) in [6.07, 6.45) is 12.6. The van der Waals surface area contributed by atoms with E-state index in [2.05, 4.69) is 25.7 Å². The highest BCUT2D eigenvalue weighted by molar-refractivity contribution is 7.94. The minimum atomic E-state index is -3.83. The Kier molecular flexibility index (Phi) is 7.37. The van der Waals surface area contributed by atoms with Crippen molar-refractivity contribution >= 4 is 33.4 Å². The number of carbonyl (C=O) groups is 1. The van der Waals surface area contributed by atoms with Gasteiger partial charge in [-0.3, -0.25) is 8.99 Å². The van der Waals surface area contributed by atoms with E-state index in [0.29, 0.717) is 41.3 Å². The third kappa shape index (κ3) is 5.97. The molecular formula is C29H35N7O4S. The number of anilines is 3. The molecule has 216 valence electrons. The molecule has 1 aliphatic carbocycles. The number of nitrogens with zero attached hydrogens (tertiary/aromatic N) is 5. The monoisotopic (exact) mass is 577 g/mol. The summed E-state index contributed by atoms with van der Waals surface area (Å²) in [5, 5.41) is 10.2. The molecule has 1 amide bonds. The molecule has 5 rings (SSSR count). The van der Waals surface area contributed by atoms with Crippen LogP contribution in [0.3, 0.4) is 0 Å². The smallest absolute Gasteiger partial charge is 0.408 e. The summed E-state index contributed by atoms with van der Waals surface area (Å²) in [7, 11) is -2.01. The third-order valence-corrected chi connectivity index (χ3v) is 9.44. The molecule has 12 heteroatoms. The molecule has 1 aliphatic heterocycles. The van der Waals surface area contributed by atoms with Gasteiger partial charge in [0.2, 0.25) is 16.0 Å². The van der Waals surface area contributed by atoms with Crippen LogP contribution in [0.5, 0.6) is 0 Å². The van der Waals surface area contributed by atoms with Gasteiger partial charge < -0.3 is 15.4 Å². The Bertz CT molecular complexity index is 1620. The summed E-state index contributed by atoms with van der Waals surface area (Å²) in [5.41, 5.74) is 2.59. The first kappa shape index (κ1) is 28.3. The van der Waals surface area contributed by atoms with Gasteiger partial charge in [-0.15, -0.1) is 0 Å². The van der Waals surface area contributed by atoms with Gasteiger partial charge in [-0.25, -0.2) is 23.2 Å². The number of rotatable bonds is 6. The summed E-state index contributed by atoms with van der Waals surface area (Å²) in [6.45, 7) is 7.33. The number of alkyl carbamates (subject to hydrolysis) is 1. The van der Waals surface area contributed by atoms with Crippen molar-refractivity contribution in [2.45, 2.75) is 56.9 Å². The van der Waals surface area contributed by atoms with Crippen LogP contribution in [0.25, 0.3) is 11.3 Å². The van der Waals surface area contributed by atoms with Crippen LogP contribution in [-0.2, 0) is 21.8 Å². The molecule has 3 heterocycles. The van der Waals surface area contributed by atoms with E-state index in [-0.39, 0.29) is 6.54 Å². The topological polar surface area (TPSA) is 131 Å². The second-order valence-electron chi connectivity index (χ2n) is 11.4. The molecule has 0 saturated carbocycles. The normalized spacial score (nSPS) is 20.4. The average Bonchev–Trinajstić information content (AvgIpc) is 3.32. The van der Waals surface area contributed by atoms with Crippen molar-refractivity contribution in [3.8, 4) is 11.3 Å². The maximum absolute atomic E-state index is 14.1. The molecule has 0 spiro atoms. The zero-order chi connectivity index (χ0) is 29.4. The lowest BCUT2D eigenvalue weighted by Gasteiger charge is -2.40. The van der Waals surface area contributed by atoms with Crippen LogP contribution < -0.4 is 14.9 Å². The van der Waals surface area contributed by atoms with Gasteiger partial charge in [0.1, 0.15) is 10.3 Å². The number of allylic oxidation sites excluding steroid dienone is 3. The number of aryl methyl sites for hydroxylation is 1. The van der Waals surface area contributed by atoms with Crippen molar-refractivity contribution in [1.82, 2.24) is 25.1 Å². The maximum atomic E-state index is 14.1. The first-order valence-electron chi connectivity index (χ1n) is 13.4. The lowest BCUT2D eigenvalue weighted by atomic mass is 9.95. The van der Waals surface area contributed by atoms with Gasteiger partial charge in [0.05, 0.1) is 29.3 Å². The molecule has 2 atom stereocenters. The van der Waals surface area contributed by atoms with Crippen molar-refractivity contribution in [3.63, 3.8) is 0 Å². The van der Waals surface area contributed by atoms with Crippen LogP contribution in [0.4, 0.5) is 22.1 Å². The summed E-state index contributed by atoms with van der Waals surface area (Å²) in [6, 6.07) is 6.88. The second kappa shape index (κ2) is 10.7. The lowest BCUT2D eigenvalue weighted by molar-refractivity contribution is 0.0501. The maximum Gasteiger partial charge on any atom is 0.408 e. The highest BCUT2D eigenvalue weighted by Crippen LogP contribution is 2.42. The predicted octanol–water partition coefficient (Wildman–Crippen LogP) is 5.00. The van der Waals surface area contributed by atoms with Gasteiger partial charge in [0.25, 0.3) is 0 Å². The number of ether oxygens (including phenoxy) is 1. The molecule has 2 unspecified atom stereocenters. The summed E-state index contributed by atoms with van der Waals surface area (Å²) in [4.78, 5) is 21.7. The van der Waals surface area contributed by atoms with Crippen molar-refractivity contribution in [2.75, 3.05) is 16.2 Å². The lowest BCUT2D eigenvalue weighted by Crippen LogP contribution is -2.49. The molecule has 0 radical (unpaired) electrons. The molecule has 0 fully saturated rings. The van der Waals surface area contributed by atoms with Crippen molar-refractivity contribution in [3.05, 3.63) is 72.7 Å². The quantitative estimate of drug-likeness (QED) is 0.418. The molecule has 41 heavy (non-hydrogen) atoms. The fourth-order valence-electron chi connectivity index (χ4n) is 4.93. The fraction of sp³-hybridized carbons (Fsp3) is 0.379. The average molecular weight is 578 g/mol. The highest BCUT2D eigenvalue weighted by atomic mass is 32.2. The number of amides is 1. The molecule has 11 nitrogen and oxygen atoms in total. The van der Waals surface area contributed by atoms with E-state index in [1.807, 2.05) is 43.6 Å². The van der Waals surface area contributed by atoms with E-state index in [1.54, 1.807) is 63.0 Å². The fourth-order valence-corrected chi connectivity index (χ4v) is 6.75. The zero-order valence-electron chi connectivity index (χ0n) is 23.8. The number of fused-ring (bicyclic) bond motifs is 1. The zero-order valence-corrected chi connectivity index (χ0v) is 24.6. The van der Waals surface area contributed by atoms with Crippen molar-refractivity contribution in [1.29, 1.82) is 0 Å². The largest absolute Gasteiger partial charge is 0.444 e. The second-order valence-corrected chi connectivity index (χ2v) is 13.8. The Morgan fingerprint density at radius 1 is 1.20 bits per heavy atom. The van der Waals surface area contributed by atoms with Gasteiger partial charge in [-0.1, -0.05) is 36.4 Å². The highest BCUT2D eigenvalue weighted by Gasteiger charge is 2.44.